The number of aliphatic hydroxyl groups excluding tert-OH is 1. The van der Waals surface area contributed by atoms with E-state index in [2.05, 4.69) is 10.2 Å². The fraction of sp³-hybridized carbons (Fsp3) is 0.360. The fourth-order valence-corrected chi connectivity index (χ4v) is 5.50. The molecule has 0 spiro atoms. The molecule has 1 saturated heterocycles. The first-order valence-electron chi connectivity index (χ1n) is 11.8. The van der Waals surface area contributed by atoms with Gasteiger partial charge in [0.25, 0.3) is 5.91 Å². The fourth-order valence-electron chi connectivity index (χ4n) is 4.42. The highest BCUT2D eigenvalue weighted by Gasteiger charge is 2.33. The number of piperazine rings is 1. The van der Waals surface area contributed by atoms with Crippen LogP contribution in [0.4, 0.5) is 24.5 Å². The van der Waals surface area contributed by atoms with Gasteiger partial charge in [0.2, 0.25) is 5.91 Å². The molecule has 0 bridgehead atoms. The highest BCUT2D eigenvalue weighted by molar-refractivity contribution is 7.99. The lowest BCUT2D eigenvalue weighted by Crippen LogP contribution is -2.50. The van der Waals surface area contributed by atoms with Crippen LogP contribution in [-0.4, -0.2) is 72.5 Å². The molecular formula is C25H28F3N5O3S. The van der Waals surface area contributed by atoms with Crippen LogP contribution in [0.25, 0.3) is 0 Å². The lowest BCUT2D eigenvalue weighted by Gasteiger charge is -2.36. The average molecular weight is 536 g/mol. The van der Waals surface area contributed by atoms with E-state index in [-0.39, 0.29) is 12.2 Å². The van der Waals surface area contributed by atoms with Crippen molar-refractivity contribution in [3.8, 4) is 0 Å². The number of rotatable bonds is 8. The molecule has 12 heteroatoms. The minimum absolute atomic E-state index is 0.0685. The van der Waals surface area contributed by atoms with Crippen molar-refractivity contribution < 1.29 is 27.9 Å². The number of fused-ring (bicyclic) bond motifs is 2. The minimum atomic E-state index is -4.41. The topological polar surface area (TPSA) is 102 Å². The van der Waals surface area contributed by atoms with E-state index in [1.165, 1.54) is 17.8 Å². The van der Waals surface area contributed by atoms with Crippen LogP contribution in [0.3, 0.4) is 0 Å². The van der Waals surface area contributed by atoms with Crippen molar-refractivity contribution in [3.05, 3.63) is 60.0 Å². The summed E-state index contributed by atoms with van der Waals surface area (Å²) in [7, 11) is 0. The maximum Gasteiger partial charge on any atom is 0.416 e. The third-order valence-corrected chi connectivity index (χ3v) is 7.44. The van der Waals surface area contributed by atoms with Gasteiger partial charge in [-0.3, -0.25) is 14.5 Å². The van der Waals surface area contributed by atoms with Crippen molar-refractivity contribution in [2.45, 2.75) is 22.4 Å². The number of hydrogen-bond acceptors (Lipinski definition) is 7. The molecule has 0 aliphatic carbocycles. The molecule has 198 valence electrons. The smallest absolute Gasteiger partial charge is 0.416 e. The molecule has 0 aromatic heterocycles. The molecule has 2 aliphatic heterocycles. The predicted octanol–water partition coefficient (Wildman–Crippen LogP) is 3.32. The molecule has 2 amide bonds. The van der Waals surface area contributed by atoms with Gasteiger partial charge in [0, 0.05) is 42.5 Å². The number of nitrogens with zero attached hydrogens (tertiary/aromatic N) is 3. The number of benzene rings is 2. The van der Waals surface area contributed by atoms with Crippen LogP contribution >= 0.6 is 11.8 Å². The van der Waals surface area contributed by atoms with Gasteiger partial charge < -0.3 is 26.0 Å². The molecule has 0 saturated carbocycles. The zero-order valence-electron chi connectivity index (χ0n) is 20.0. The minimum Gasteiger partial charge on any atom is -0.513 e. The van der Waals surface area contributed by atoms with Crippen molar-refractivity contribution >= 4 is 35.0 Å². The van der Waals surface area contributed by atoms with Crippen LogP contribution in [0.15, 0.2) is 64.2 Å². The van der Waals surface area contributed by atoms with Gasteiger partial charge in [-0.2, -0.15) is 13.2 Å². The molecule has 2 aromatic rings. The number of alkyl halides is 3. The number of para-hydroxylation sites is 1. The largest absolute Gasteiger partial charge is 0.513 e. The quantitative estimate of drug-likeness (QED) is 0.352. The molecule has 8 nitrogen and oxygen atoms in total. The first-order chi connectivity index (χ1) is 17.7. The monoisotopic (exact) mass is 535 g/mol. The van der Waals surface area contributed by atoms with Gasteiger partial charge in [-0.05, 0) is 43.3 Å². The Morgan fingerprint density at radius 1 is 1.00 bits per heavy atom. The summed E-state index contributed by atoms with van der Waals surface area (Å²) < 4.78 is 40.2. The van der Waals surface area contributed by atoms with E-state index in [0.29, 0.717) is 31.6 Å². The maximum atomic E-state index is 13.4. The molecule has 37 heavy (non-hydrogen) atoms. The molecule has 2 aromatic carbocycles. The number of halogens is 3. The Balaban J connectivity index is 1.33. The van der Waals surface area contributed by atoms with E-state index in [9.17, 15) is 22.8 Å². The lowest BCUT2D eigenvalue weighted by molar-refractivity contribution is -0.137. The summed E-state index contributed by atoms with van der Waals surface area (Å²) in [6.07, 6.45) is -3.19. The number of nitrogens with one attached hydrogen (secondary N) is 1. The number of carbonyl (C=O) groups is 2. The summed E-state index contributed by atoms with van der Waals surface area (Å²) in [5, 5.41) is 11.3. The Labute approximate surface area is 216 Å². The molecule has 1 fully saturated rings. The molecule has 4 rings (SSSR count). The number of nitrogens with two attached hydrogens (primary N) is 1. The van der Waals surface area contributed by atoms with Crippen LogP contribution in [0.2, 0.25) is 0 Å². The van der Waals surface area contributed by atoms with Gasteiger partial charge >= 0.3 is 6.18 Å². The van der Waals surface area contributed by atoms with E-state index >= 15 is 0 Å². The third-order valence-electron chi connectivity index (χ3n) is 6.31. The summed E-state index contributed by atoms with van der Waals surface area (Å²) in [6.45, 7) is 4.14. The molecule has 0 atom stereocenters. The highest BCUT2D eigenvalue weighted by Crippen LogP contribution is 2.49. The van der Waals surface area contributed by atoms with Crippen molar-refractivity contribution in [1.29, 1.82) is 0 Å². The average Bonchev–Trinajstić information content (AvgIpc) is 2.86. The van der Waals surface area contributed by atoms with E-state index in [0.717, 1.165) is 47.6 Å². The van der Waals surface area contributed by atoms with Gasteiger partial charge in [0.05, 0.1) is 23.5 Å². The zero-order chi connectivity index (χ0) is 26.6. The summed E-state index contributed by atoms with van der Waals surface area (Å²) in [5.41, 5.74) is 5.53. The molecular weight excluding hydrogens is 507 g/mol. The van der Waals surface area contributed by atoms with Crippen LogP contribution in [0.1, 0.15) is 12.0 Å². The predicted molar refractivity (Wildman–Crippen MR) is 135 cm³/mol. The first-order valence-corrected chi connectivity index (χ1v) is 12.6. The van der Waals surface area contributed by atoms with Gasteiger partial charge in [0.1, 0.15) is 12.0 Å². The molecule has 0 unspecified atom stereocenters. The third kappa shape index (κ3) is 6.56. The van der Waals surface area contributed by atoms with E-state index in [1.54, 1.807) is 6.07 Å². The number of amides is 2. The van der Waals surface area contributed by atoms with Crippen LogP contribution in [0, 0.1) is 0 Å². The summed E-state index contributed by atoms with van der Waals surface area (Å²) >= 11 is 1.48. The van der Waals surface area contributed by atoms with Gasteiger partial charge in [-0.25, -0.2) is 0 Å². The second-order valence-electron chi connectivity index (χ2n) is 8.83. The van der Waals surface area contributed by atoms with Crippen molar-refractivity contribution in [2.75, 3.05) is 50.7 Å². The van der Waals surface area contributed by atoms with Crippen LogP contribution < -0.4 is 16.0 Å². The van der Waals surface area contributed by atoms with E-state index in [1.807, 2.05) is 34.1 Å². The van der Waals surface area contributed by atoms with Crippen molar-refractivity contribution in [2.24, 2.45) is 5.73 Å². The van der Waals surface area contributed by atoms with Gasteiger partial charge in [-0.15, -0.1) is 0 Å². The normalized spacial score (nSPS) is 16.7. The first kappa shape index (κ1) is 26.8. The second kappa shape index (κ2) is 11.4. The Hall–Kier alpha value is -3.22. The number of primary amides is 1. The molecule has 2 aliphatic rings. The van der Waals surface area contributed by atoms with Gasteiger partial charge in [0.15, 0.2) is 0 Å². The van der Waals surface area contributed by atoms with Gasteiger partial charge in [-0.1, -0.05) is 23.9 Å². The highest BCUT2D eigenvalue weighted by atomic mass is 32.2. The molecule has 2 heterocycles. The standard InChI is InChI=1S/C25H28F3N5O3S/c26-25(27,28)17-6-7-22-20(14-17)33(19-4-1-2-5-21(19)37-22)9-3-8-31-10-12-32(13-11-31)15-23(35)30-18(16-34)24(29)36/h1-2,4-7,14,16,34H,3,8-13,15H2,(H2,29,36)(H,30,35)/b18-16+. The second-order valence-corrected chi connectivity index (χ2v) is 9.91. The Morgan fingerprint density at radius 3 is 2.35 bits per heavy atom. The summed E-state index contributed by atoms with van der Waals surface area (Å²) in [5.74, 6) is -1.36. The van der Waals surface area contributed by atoms with E-state index in [4.69, 9.17) is 10.8 Å². The Kier molecular flexibility index (Phi) is 8.30. The molecule has 4 N–H and O–H groups in total. The number of hydrogen-bond donors (Lipinski definition) is 3. The van der Waals surface area contributed by atoms with Crippen molar-refractivity contribution in [1.82, 2.24) is 15.1 Å². The lowest BCUT2D eigenvalue weighted by atomic mass is 10.1. The molecule has 0 radical (unpaired) electrons. The summed E-state index contributed by atoms with van der Waals surface area (Å²) in [6, 6.07) is 11.6. The number of aliphatic hydroxyl groups is 1. The van der Waals surface area contributed by atoms with Crippen LogP contribution in [0.5, 0.6) is 0 Å². The Morgan fingerprint density at radius 2 is 1.68 bits per heavy atom. The van der Waals surface area contributed by atoms with E-state index < -0.39 is 23.6 Å². The zero-order valence-corrected chi connectivity index (χ0v) is 20.8. The maximum absolute atomic E-state index is 13.4. The number of carbonyl (C=O) groups excluding carboxylic acids is 2. The van der Waals surface area contributed by atoms with Crippen molar-refractivity contribution in [3.63, 3.8) is 0 Å². The number of anilines is 2. The summed E-state index contributed by atoms with van der Waals surface area (Å²) in [4.78, 5) is 31.2. The Bertz CT molecular complexity index is 1180. The van der Waals surface area contributed by atoms with Crippen LogP contribution in [-0.2, 0) is 15.8 Å². The SMILES string of the molecule is NC(=O)/C(=C\O)NC(=O)CN1CCN(CCCN2c3ccccc3Sc3ccc(C(F)(F)F)cc32)CC1.